The van der Waals surface area contributed by atoms with E-state index in [0.29, 0.717) is 11.1 Å². The molecule has 1 saturated heterocycles. The van der Waals surface area contributed by atoms with Gasteiger partial charge in [0.25, 0.3) is 0 Å². The maximum Gasteiger partial charge on any atom is 0.504 e. The second-order valence-electron chi connectivity index (χ2n) is 5.62. The average Bonchev–Trinajstić information content (AvgIpc) is 3.11. The smallest absolute Gasteiger partial charge is 0.488 e. The normalized spacial score (nSPS) is 22.7. The predicted octanol–water partition coefficient (Wildman–Crippen LogP) is 3.63. The van der Waals surface area contributed by atoms with Gasteiger partial charge in [0.05, 0.1) is 12.2 Å². The second-order valence-corrected chi connectivity index (χ2v) is 5.62. The summed E-state index contributed by atoms with van der Waals surface area (Å²) >= 11 is 0. The number of hydrogen-bond donors (Lipinski definition) is 1. The first-order valence-corrected chi connectivity index (χ1v) is 7.18. The maximum atomic E-state index is 12.6. The molecule has 23 heavy (non-hydrogen) atoms. The fraction of sp³-hybridized carbons (Fsp3) is 0.400. The van der Waals surface area contributed by atoms with Gasteiger partial charge < -0.3 is 10.1 Å². The third-order valence-electron chi connectivity index (χ3n) is 4.20. The summed E-state index contributed by atoms with van der Waals surface area (Å²) in [4.78, 5) is 0. The van der Waals surface area contributed by atoms with Gasteiger partial charge in [0.2, 0.25) is 0 Å². The standard InChI is InChI=1S/C15H14F3N3O.ClH/c16-15(17,18)21-8-10(7-20-21)9-3-4-11-13(6-9)22-12-2-1-5-19-14(11)12;/h3-4,6-8,12,14,19H,1-2,5H2;1H/t12-,14-;/m0./s1. The van der Waals surface area contributed by atoms with Crippen molar-refractivity contribution in [1.29, 1.82) is 0 Å². The molecule has 0 spiro atoms. The molecule has 0 radical (unpaired) electrons. The van der Waals surface area contributed by atoms with Crippen molar-refractivity contribution in [1.82, 2.24) is 15.1 Å². The first kappa shape index (κ1) is 16.1. The highest BCUT2D eigenvalue weighted by molar-refractivity contribution is 5.85. The van der Waals surface area contributed by atoms with Gasteiger partial charge in [-0.05, 0) is 31.0 Å². The van der Waals surface area contributed by atoms with Crippen molar-refractivity contribution >= 4 is 12.4 Å². The number of ether oxygens (including phenoxy) is 1. The van der Waals surface area contributed by atoms with Crippen LogP contribution in [0.15, 0.2) is 30.6 Å². The molecule has 2 aromatic rings. The van der Waals surface area contributed by atoms with Crippen LogP contribution in [0.25, 0.3) is 11.1 Å². The zero-order valence-corrected chi connectivity index (χ0v) is 12.8. The molecule has 2 aliphatic heterocycles. The van der Waals surface area contributed by atoms with Crippen molar-refractivity contribution in [2.75, 3.05) is 6.54 Å². The zero-order chi connectivity index (χ0) is 15.3. The quantitative estimate of drug-likeness (QED) is 0.857. The van der Waals surface area contributed by atoms with E-state index in [2.05, 4.69) is 10.4 Å². The van der Waals surface area contributed by atoms with Gasteiger partial charge in [-0.1, -0.05) is 12.1 Å². The number of nitrogens with one attached hydrogen (secondary N) is 1. The van der Waals surface area contributed by atoms with Crippen LogP contribution in [0.3, 0.4) is 0 Å². The summed E-state index contributed by atoms with van der Waals surface area (Å²) in [5.74, 6) is 0.752. The fourth-order valence-electron chi connectivity index (χ4n) is 3.14. The van der Waals surface area contributed by atoms with E-state index in [-0.39, 0.29) is 29.2 Å². The Morgan fingerprint density at radius 2 is 2.09 bits per heavy atom. The molecule has 0 saturated carbocycles. The van der Waals surface area contributed by atoms with Gasteiger partial charge in [-0.15, -0.1) is 25.6 Å². The van der Waals surface area contributed by atoms with Gasteiger partial charge in [-0.3, -0.25) is 0 Å². The van der Waals surface area contributed by atoms with Gasteiger partial charge in [0.1, 0.15) is 11.9 Å². The van der Waals surface area contributed by atoms with Crippen LogP contribution in [0.1, 0.15) is 24.4 Å². The summed E-state index contributed by atoms with van der Waals surface area (Å²) in [6.45, 7) is 0.962. The molecule has 4 nitrogen and oxygen atoms in total. The molecule has 8 heteroatoms. The highest BCUT2D eigenvalue weighted by Gasteiger charge is 2.36. The van der Waals surface area contributed by atoms with Gasteiger partial charge in [0, 0.05) is 17.3 Å². The molecular formula is C15H15ClF3N3O. The van der Waals surface area contributed by atoms with Crippen LogP contribution < -0.4 is 10.1 Å². The van der Waals surface area contributed by atoms with Crippen LogP contribution in [-0.4, -0.2) is 22.4 Å². The van der Waals surface area contributed by atoms with Crippen LogP contribution in [0.5, 0.6) is 5.75 Å². The molecule has 0 amide bonds. The molecule has 0 aliphatic carbocycles. The monoisotopic (exact) mass is 345 g/mol. The van der Waals surface area contributed by atoms with Crippen molar-refractivity contribution in [2.24, 2.45) is 0 Å². The van der Waals surface area contributed by atoms with E-state index in [4.69, 9.17) is 4.74 Å². The number of fused-ring (bicyclic) bond motifs is 3. The van der Waals surface area contributed by atoms with Crippen molar-refractivity contribution < 1.29 is 17.9 Å². The molecule has 1 aromatic carbocycles. The van der Waals surface area contributed by atoms with Crippen molar-refractivity contribution in [3.05, 3.63) is 36.2 Å². The number of benzene rings is 1. The summed E-state index contributed by atoms with van der Waals surface area (Å²) in [5.41, 5.74) is 2.18. The second kappa shape index (κ2) is 5.72. The molecule has 1 fully saturated rings. The highest BCUT2D eigenvalue weighted by Crippen LogP contribution is 2.42. The van der Waals surface area contributed by atoms with Crippen molar-refractivity contribution in [3.8, 4) is 16.9 Å². The van der Waals surface area contributed by atoms with Crippen LogP contribution >= 0.6 is 12.4 Å². The van der Waals surface area contributed by atoms with Crippen molar-refractivity contribution in [3.63, 3.8) is 0 Å². The summed E-state index contributed by atoms with van der Waals surface area (Å²) < 4.78 is 43.8. The SMILES string of the molecule is Cl.FC(F)(F)n1cc(-c2ccc3c(c2)O[C@H]2CCCN[C@@H]32)cn1. The lowest BCUT2D eigenvalue weighted by Gasteiger charge is -2.25. The summed E-state index contributed by atoms with van der Waals surface area (Å²) in [5, 5.41) is 6.80. The van der Waals surface area contributed by atoms with Gasteiger partial charge in [-0.25, -0.2) is 0 Å². The molecule has 1 N–H and O–H groups in total. The molecule has 3 heterocycles. The molecule has 1 aromatic heterocycles. The Labute approximate surface area is 137 Å². The summed E-state index contributed by atoms with van der Waals surface area (Å²) in [7, 11) is 0. The number of hydrogen-bond acceptors (Lipinski definition) is 3. The summed E-state index contributed by atoms with van der Waals surface area (Å²) in [6, 6.07) is 5.74. The Hall–Kier alpha value is -1.73. The first-order valence-electron chi connectivity index (χ1n) is 7.18. The maximum absolute atomic E-state index is 12.6. The molecule has 0 unspecified atom stereocenters. The highest BCUT2D eigenvalue weighted by atomic mass is 35.5. The van der Waals surface area contributed by atoms with Crippen molar-refractivity contribution in [2.45, 2.75) is 31.3 Å². The van der Waals surface area contributed by atoms with Crippen LogP contribution in [-0.2, 0) is 6.30 Å². The first-order chi connectivity index (χ1) is 10.5. The third-order valence-corrected chi connectivity index (χ3v) is 4.20. The zero-order valence-electron chi connectivity index (χ0n) is 12.0. The topological polar surface area (TPSA) is 39.1 Å². The lowest BCUT2D eigenvalue weighted by atomic mass is 9.96. The average molecular weight is 346 g/mol. The van der Waals surface area contributed by atoms with E-state index in [0.717, 1.165) is 36.9 Å². The van der Waals surface area contributed by atoms with E-state index < -0.39 is 6.30 Å². The van der Waals surface area contributed by atoms with E-state index >= 15 is 0 Å². The Kier molecular flexibility index (Phi) is 4.01. The number of piperidine rings is 1. The summed E-state index contributed by atoms with van der Waals surface area (Å²) in [6.07, 6.45) is -0.104. The molecule has 4 rings (SSSR count). The predicted molar refractivity (Wildman–Crippen MR) is 80.6 cm³/mol. The Morgan fingerprint density at radius 1 is 1.26 bits per heavy atom. The fourth-order valence-corrected chi connectivity index (χ4v) is 3.14. The van der Waals surface area contributed by atoms with E-state index in [1.165, 1.54) is 6.20 Å². The third kappa shape index (κ3) is 2.79. The van der Waals surface area contributed by atoms with Crippen LogP contribution in [0, 0.1) is 0 Å². The number of aromatic nitrogens is 2. The molecule has 124 valence electrons. The number of halogens is 4. The van der Waals surface area contributed by atoms with Gasteiger partial charge >= 0.3 is 6.30 Å². The van der Waals surface area contributed by atoms with E-state index in [1.54, 1.807) is 6.07 Å². The minimum atomic E-state index is -4.50. The van der Waals surface area contributed by atoms with Crippen LogP contribution in [0.2, 0.25) is 0 Å². The number of rotatable bonds is 1. The Bertz CT molecular complexity index is 716. The minimum absolute atomic E-state index is 0. The van der Waals surface area contributed by atoms with Gasteiger partial charge in [0.15, 0.2) is 0 Å². The number of nitrogens with zero attached hydrogens (tertiary/aromatic N) is 2. The lowest BCUT2D eigenvalue weighted by molar-refractivity contribution is -0.212. The van der Waals surface area contributed by atoms with E-state index in [1.807, 2.05) is 12.1 Å². The Morgan fingerprint density at radius 3 is 2.83 bits per heavy atom. The molecule has 2 aliphatic rings. The van der Waals surface area contributed by atoms with Gasteiger partial charge in [-0.2, -0.15) is 9.78 Å². The molecule has 0 bridgehead atoms. The van der Waals surface area contributed by atoms with E-state index in [9.17, 15) is 13.2 Å². The Balaban J connectivity index is 0.00000156. The molecular weight excluding hydrogens is 331 g/mol. The number of alkyl halides is 3. The lowest BCUT2D eigenvalue weighted by Crippen LogP contribution is -2.36. The van der Waals surface area contributed by atoms with Crippen LogP contribution in [0.4, 0.5) is 13.2 Å². The largest absolute Gasteiger partial charge is 0.504 e. The molecule has 2 atom stereocenters. The minimum Gasteiger partial charge on any atom is -0.488 e.